The van der Waals surface area contributed by atoms with E-state index in [2.05, 4.69) is 47.4 Å². The highest BCUT2D eigenvalue weighted by Crippen LogP contribution is 2.37. The first-order valence-corrected chi connectivity index (χ1v) is 15.2. The van der Waals surface area contributed by atoms with Gasteiger partial charge in [0.1, 0.15) is 17.7 Å². The van der Waals surface area contributed by atoms with Gasteiger partial charge in [0.05, 0.1) is 11.3 Å². The van der Waals surface area contributed by atoms with Crippen molar-refractivity contribution in [2.45, 2.75) is 77.0 Å². The fourth-order valence-electron chi connectivity index (χ4n) is 6.65. The monoisotopic (exact) mass is 580 g/mol. The zero-order chi connectivity index (χ0) is 29.3. The van der Waals surface area contributed by atoms with Gasteiger partial charge in [-0.3, -0.25) is 0 Å². The number of pyridine rings is 1. The lowest BCUT2D eigenvalue weighted by molar-refractivity contribution is -0.137. The molecule has 224 valence electrons. The van der Waals surface area contributed by atoms with Crippen LogP contribution in [0.3, 0.4) is 0 Å². The maximum Gasteiger partial charge on any atom is 0.419 e. The minimum absolute atomic E-state index is 0.0151. The van der Waals surface area contributed by atoms with Crippen molar-refractivity contribution in [2.75, 3.05) is 41.8 Å². The maximum absolute atomic E-state index is 13.8. The topological polar surface area (TPSA) is 66.4 Å². The number of hydrogen-bond acceptors (Lipinski definition) is 7. The van der Waals surface area contributed by atoms with Crippen LogP contribution >= 0.6 is 0 Å². The molecule has 2 aliphatic heterocycles. The lowest BCUT2D eigenvalue weighted by atomic mass is 9.86. The van der Waals surface area contributed by atoms with Crippen LogP contribution in [-0.2, 0) is 25.4 Å². The second-order valence-corrected chi connectivity index (χ2v) is 11.9. The predicted octanol–water partition coefficient (Wildman–Crippen LogP) is 6.97. The summed E-state index contributed by atoms with van der Waals surface area (Å²) in [7, 11) is 2.11. The number of hydrogen-bond donors (Lipinski definition) is 1. The van der Waals surface area contributed by atoms with Gasteiger partial charge in [-0.15, -0.1) is 0 Å². The van der Waals surface area contributed by atoms with E-state index in [0.717, 1.165) is 55.2 Å². The average molecular weight is 581 g/mol. The van der Waals surface area contributed by atoms with Crippen LogP contribution in [0, 0.1) is 5.92 Å². The second kappa shape index (κ2) is 12.0. The van der Waals surface area contributed by atoms with E-state index in [1.54, 1.807) is 4.90 Å². The molecule has 42 heavy (non-hydrogen) atoms. The van der Waals surface area contributed by atoms with Crippen molar-refractivity contribution in [3.05, 3.63) is 58.9 Å². The Labute approximate surface area is 245 Å². The predicted molar refractivity (Wildman–Crippen MR) is 159 cm³/mol. The standard InChI is InChI=1S/C32H39F3N6O/c1-21(22-8-4-3-5-9-22)42-31-38-27-15-19-41(30-26(32(33,34)35)11-6-16-36-30)18-14-25(27)29(39-31)37-24-13-12-23-10-7-17-40(2)28(23)20-24/h6,11-13,16,20-22H,3-5,7-10,14-15,17-19H2,1-2H3,(H,37,38,39). The molecule has 1 fully saturated rings. The minimum atomic E-state index is -4.48. The van der Waals surface area contributed by atoms with Crippen LogP contribution in [0.15, 0.2) is 36.5 Å². The van der Waals surface area contributed by atoms with Gasteiger partial charge < -0.3 is 19.9 Å². The number of aromatic nitrogens is 3. The van der Waals surface area contributed by atoms with Gasteiger partial charge >= 0.3 is 12.2 Å². The van der Waals surface area contributed by atoms with Crippen molar-refractivity contribution in [2.24, 2.45) is 5.92 Å². The number of aryl methyl sites for hydroxylation is 1. The SMILES string of the molecule is CC(Oc1nc2c(c(Nc3ccc4c(c3)N(C)CCC4)n1)CCN(c1ncccc1C(F)(F)F)CC2)C1CCCCC1. The van der Waals surface area contributed by atoms with Crippen LogP contribution < -0.4 is 19.9 Å². The largest absolute Gasteiger partial charge is 0.460 e. The normalized spacial score (nSPS) is 18.6. The molecule has 4 heterocycles. The number of anilines is 4. The molecule has 3 aliphatic rings. The van der Waals surface area contributed by atoms with E-state index in [4.69, 9.17) is 14.7 Å². The van der Waals surface area contributed by atoms with E-state index in [1.807, 2.05) is 0 Å². The van der Waals surface area contributed by atoms with Crippen LogP contribution in [0.5, 0.6) is 6.01 Å². The number of fused-ring (bicyclic) bond motifs is 2. The van der Waals surface area contributed by atoms with Crippen molar-refractivity contribution in [1.29, 1.82) is 0 Å². The van der Waals surface area contributed by atoms with Crippen LogP contribution in [-0.4, -0.2) is 47.7 Å². The minimum Gasteiger partial charge on any atom is -0.460 e. The number of rotatable bonds is 6. The molecule has 1 saturated carbocycles. The molecule has 0 spiro atoms. The van der Waals surface area contributed by atoms with Crippen LogP contribution in [0.2, 0.25) is 0 Å². The Kier molecular flexibility index (Phi) is 8.14. The summed E-state index contributed by atoms with van der Waals surface area (Å²) >= 11 is 0. The molecule has 3 aromatic rings. The molecule has 2 aromatic heterocycles. The van der Waals surface area contributed by atoms with Gasteiger partial charge in [0.2, 0.25) is 0 Å². The summed E-state index contributed by atoms with van der Waals surface area (Å²) < 4.78 is 47.9. The first kappa shape index (κ1) is 28.6. The summed E-state index contributed by atoms with van der Waals surface area (Å²) in [6, 6.07) is 9.15. The molecule has 1 atom stereocenters. The lowest BCUT2D eigenvalue weighted by Gasteiger charge is -2.28. The van der Waals surface area contributed by atoms with E-state index in [-0.39, 0.29) is 11.9 Å². The number of halogens is 3. The fourth-order valence-corrected chi connectivity index (χ4v) is 6.65. The molecule has 1 N–H and O–H groups in total. The molecule has 1 unspecified atom stereocenters. The van der Waals surface area contributed by atoms with Gasteiger partial charge in [-0.2, -0.15) is 23.1 Å². The average Bonchev–Trinajstić information content (AvgIpc) is 3.20. The van der Waals surface area contributed by atoms with Crippen molar-refractivity contribution >= 4 is 23.0 Å². The van der Waals surface area contributed by atoms with Crippen molar-refractivity contribution < 1.29 is 17.9 Å². The highest BCUT2D eigenvalue weighted by molar-refractivity contribution is 5.69. The molecule has 0 saturated heterocycles. The highest BCUT2D eigenvalue weighted by Gasteiger charge is 2.36. The van der Waals surface area contributed by atoms with Gasteiger partial charge in [-0.1, -0.05) is 25.3 Å². The quantitative estimate of drug-likeness (QED) is 0.338. The van der Waals surface area contributed by atoms with Crippen molar-refractivity contribution in [3.8, 4) is 6.01 Å². The summed E-state index contributed by atoms with van der Waals surface area (Å²) in [5.41, 5.74) is 4.44. The van der Waals surface area contributed by atoms with E-state index in [9.17, 15) is 13.2 Å². The molecule has 1 aliphatic carbocycles. The Hall–Kier alpha value is -3.56. The molecule has 0 bridgehead atoms. The third-order valence-electron chi connectivity index (χ3n) is 9.02. The van der Waals surface area contributed by atoms with Gasteiger partial charge in [-0.25, -0.2) is 4.98 Å². The summed E-state index contributed by atoms with van der Waals surface area (Å²) in [5, 5.41) is 3.54. The molecular weight excluding hydrogens is 541 g/mol. The first-order valence-electron chi connectivity index (χ1n) is 15.2. The van der Waals surface area contributed by atoms with Crippen molar-refractivity contribution in [1.82, 2.24) is 15.0 Å². The van der Waals surface area contributed by atoms with Gasteiger partial charge in [0, 0.05) is 56.2 Å². The summed E-state index contributed by atoms with van der Waals surface area (Å²) in [6.07, 6.45) is 6.04. The van der Waals surface area contributed by atoms with E-state index in [1.165, 1.54) is 42.8 Å². The number of ether oxygens (including phenoxy) is 1. The number of nitrogens with zero attached hydrogens (tertiary/aromatic N) is 5. The van der Waals surface area contributed by atoms with E-state index in [0.29, 0.717) is 43.7 Å². The fraction of sp³-hybridized carbons (Fsp3) is 0.531. The smallest absolute Gasteiger partial charge is 0.419 e. The zero-order valence-electron chi connectivity index (χ0n) is 24.4. The van der Waals surface area contributed by atoms with Gasteiger partial charge in [-0.05, 0) is 74.8 Å². The number of nitrogens with one attached hydrogen (secondary N) is 1. The molecule has 0 amide bonds. The first-order chi connectivity index (χ1) is 20.3. The number of alkyl halides is 3. The highest BCUT2D eigenvalue weighted by atomic mass is 19.4. The van der Waals surface area contributed by atoms with Gasteiger partial charge in [0.25, 0.3) is 0 Å². The Morgan fingerprint density at radius 1 is 0.976 bits per heavy atom. The maximum atomic E-state index is 13.8. The van der Waals surface area contributed by atoms with Crippen molar-refractivity contribution in [3.63, 3.8) is 0 Å². The molecule has 0 radical (unpaired) electrons. The molecular formula is C32H39F3N6O. The Morgan fingerprint density at radius 3 is 2.60 bits per heavy atom. The Balaban J connectivity index is 1.32. The zero-order valence-corrected chi connectivity index (χ0v) is 24.4. The molecule has 1 aromatic carbocycles. The van der Waals surface area contributed by atoms with E-state index < -0.39 is 11.7 Å². The Morgan fingerprint density at radius 2 is 1.79 bits per heavy atom. The van der Waals surface area contributed by atoms with Gasteiger partial charge in [0.15, 0.2) is 0 Å². The van der Waals surface area contributed by atoms with Crippen LogP contribution in [0.25, 0.3) is 0 Å². The lowest BCUT2D eigenvalue weighted by Crippen LogP contribution is -2.29. The molecule has 10 heteroatoms. The third kappa shape index (κ3) is 6.13. The molecule has 7 nitrogen and oxygen atoms in total. The third-order valence-corrected chi connectivity index (χ3v) is 9.02. The number of benzene rings is 1. The summed E-state index contributed by atoms with van der Waals surface area (Å²) in [5.74, 6) is 1.08. The summed E-state index contributed by atoms with van der Waals surface area (Å²) in [6.45, 7) is 3.85. The second-order valence-electron chi connectivity index (χ2n) is 11.9. The van der Waals surface area contributed by atoms with E-state index >= 15 is 0 Å². The molecule has 6 rings (SSSR count). The van der Waals surface area contributed by atoms with Crippen LogP contribution in [0.4, 0.5) is 36.2 Å². The summed E-state index contributed by atoms with van der Waals surface area (Å²) in [4.78, 5) is 17.8. The van der Waals surface area contributed by atoms with Crippen LogP contribution in [0.1, 0.15) is 67.8 Å². The Bertz CT molecular complexity index is 1410.